The van der Waals surface area contributed by atoms with Crippen molar-refractivity contribution in [2.75, 3.05) is 13.7 Å². The zero-order valence-electron chi connectivity index (χ0n) is 9.68. The fourth-order valence-corrected chi connectivity index (χ4v) is 1.77. The zero-order chi connectivity index (χ0) is 12.3. The van der Waals surface area contributed by atoms with Crippen molar-refractivity contribution in [3.8, 4) is 5.75 Å². The second-order valence-electron chi connectivity index (χ2n) is 3.82. The molecule has 2 nitrogen and oxygen atoms in total. The van der Waals surface area contributed by atoms with E-state index in [4.69, 9.17) is 9.84 Å². The quantitative estimate of drug-likeness (QED) is 0.861. The summed E-state index contributed by atoms with van der Waals surface area (Å²) in [6, 6.07) is 2.81. The lowest BCUT2D eigenvalue weighted by molar-refractivity contribution is -0.0270. The Morgan fingerprint density at radius 3 is 2.12 bits per heavy atom. The van der Waals surface area contributed by atoms with Gasteiger partial charge in [-0.1, -0.05) is 0 Å². The molecule has 0 atom stereocenters. The number of methoxy groups -OCH3 is 1. The first kappa shape index (κ1) is 12.9. The molecule has 0 radical (unpaired) electrons. The van der Waals surface area contributed by atoms with Gasteiger partial charge in [0.25, 0.3) is 5.92 Å². The summed E-state index contributed by atoms with van der Waals surface area (Å²) in [5.74, 6) is -2.36. The summed E-state index contributed by atoms with van der Waals surface area (Å²) in [5.41, 5.74) is 1.28. The van der Waals surface area contributed by atoms with Crippen LogP contribution < -0.4 is 4.74 Å². The number of aliphatic hydroxyl groups is 1. The molecule has 1 N–H and O–H groups in total. The molecule has 0 bridgehead atoms. The van der Waals surface area contributed by atoms with Gasteiger partial charge >= 0.3 is 0 Å². The molecule has 0 spiro atoms. The van der Waals surface area contributed by atoms with E-state index in [9.17, 15) is 8.78 Å². The molecule has 0 aromatic heterocycles. The largest absolute Gasteiger partial charge is 0.496 e. The van der Waals surface area contributed by atoms with Gasteiger partial charge < -0.3 is 9.84 Å². The van der Waals surface area contributed by atoms with Crippen molar-refractivity contribution in [3.05, 3.63) is 28.8 Å². The fraction of sp³-hybridized carbons (Fsp3) is 0.500. The highest BCUT2D eigenvalue weighted by Crippen LogP contribution is 2.35. The average molecular weight is 230 g/mol. The second kappa shape index (κ2) is 4.78. The van der Waals surface area contributed by atoms with Crippen molar-refractivity contribution >= 4 is 0 Å². The third-order valence-electron chi connectivity index (χ3n) is 2.51. The van der Waals surface area contributed by atoms with E-state index >= 15 is 0 Å². The van der Waals surface area contributed by atoms with E-state index in [-0.39, 0.29) is 5.56 Å². The minimum atomic E-state index is -2.99. The summed E-state index contributed by atoms with van der Waals surface area (Å²) in [6.45, 7) is 2.92. The molecule has 0 saturated heterocycles. The number of rotatable bonds is 4. The maximum Gasteiger partial charge on any atom is 0.275 e. The summed E-state index contributed by atoms with van der Waals surface area (Å²) in [4.78, 5) is 0. The molecular weight excluding hydrogens is 214 g/mol. The first-order valence-electron chi connectivity index (χ1n) is 5.06. The molecule has 1 aromatic rings. The van der Waals surface area contributed by atoms with E-state index in [1.165, 1.54) is 19.2 Å². The number of aliphatic hydroxyl groups excluding tert-OH is 1. The SMILES string of the molecule is COc1c(C)cc(C(F)(F)CCO)cc1C. The van der Waals surface area contributed by atoms with Gasteiger partial charge in [0, 0.05) is 18.6 Å². The first-order chi connectivity index (χ1) is 7.42. The van der Waals surface area contributed by atoms with Gasteiger partial charge in [0.05, 0.1) is 7.11 Å². The Morgan fingerprint density at radius 2 is 1.75 bits per heavy atom. The van der Waals surface area contributed by atoms with Crippen molar-refractivity contribution in [2.24, 2.45) is 0 Å². The van der Waals surface area contributed by atoms with Crippen LogP contribution in [0.4, 0.5) is 8.78 Å². The van der Waals surface area contributed by atoms with Crippen LogP contribution in [0, 0.1) is 13.8 Å². The molecule has 0 fully saturated rings. The normalized spacial score (nSPS) is 11.6. The van der Waals surface area contributed by atoms with Gasteiger partial charge in [-0.2, -0.15) is 0 Å². The number of ether oxygens (including phenoxy) is 1. The van der Waals surface area contributed by atoms with Crippen LogP contribution in [-0.4, -0.2) is 18.8 Å². The molecule has 0 amide bonds. The number of hydrogen-bond donors (Lipinski definition) is 1. The number of halogens is 2. The lowest BCUT2D eigenvalue weighted by Crippen LogP contribution is -2.16. The summed E-state index contributed by atoms with van der Waals surface area (Å²) >= 11 is 0. The highest BCUT2D eigenvalue weighted by Gasteiger charge is 2.31. The minimum Gasteiger partial charge on any atom is -0.496 e. The van der Waals surface area contributed by atoms with Crippen LogP contribution in [0.1, 0.15) is 23.1 Å². The maximum absolute atomic E-state index is 13.6. The lowest BCUT2D eigenvalue weighted by Gasteiger charge is -2.18. The molecular formula is C12H16F2O2. The molecule has 1 aromatic carbocycles. The summed E-state index contributed by atoms with van der Waals surface area (Å²) in [7, 11) is 1.51. The summed E-state index contributed by atoms with van der Waals surface area (Å²) in [5, 5.41) is 8.60. The van der Waals surface area contributed by atoms with E-state index in [2.05, 4.69) is 0 Å². The Balaban J connectivity index is 3.17. The van der Waals surface area contributed by atoms with Crippen molar-refractivity contribution in [3.63, 3.8) is 0 Å². The molecule has 4 heteroatoms. The Morgan fingerprint density at radius 1 is 1.25 bits per heavy atom. The molecule has 0 heterocycles. The van der Waals surface area contributed by atoms with E-state index in [0.29, 0.717) is 16.9 Å². The van der Waals surface area contributed by atoms with Gasteiger partial charge in [0.2, 0.25) is 0 Å². The first-order valence-corrected chi connectivity index (χ1v) is 5.06. The third kappa shape index (κ3) is 2.50. The molecule has 0 aliphatic rings. The zero-order valence-corrected chi connectivity index (χ0v) is 9.68. The van der Waals surface area contributed by atoms with E-state index in [0.717, 1.165) is 0 Å². The van der Waals surface area contributed by atoms with Crippen molar-refractivity contribution in [2.45, 2.75) is 26.2 Å². The Kier molecular flexibility index (Phi) is 3.86. The van der Waals surface area contributed by atoms with Gasteiger partial charge in [-0.3, -0.25) is 0 Å². The summed E-state index contributed by atoms with van der Waals surface area (Å²) < 4.78 is 32.2. The average Bonchev–Trinajstić information content (AvgIpc) is 2.17. The van der Waals surface area contributed by atoms with Crippen molar-refractivity contribution < 1.29 is 18.6 Å². The third-order valence-corrected chi connectivity index (χ3v) is 2.51. The number of benzene rings is 1. The summed E-state index contributed by atoms with van der Waals surface area (Å²) in [6.07, 6.45) is -0.557. The van der Waals surface area contributed by atoms with E-state index in [1.54, 1.807) is 13.8 Å². The molecule has 16 heavy (non-hydrogen) atoms. The minimum absolute atomic E-state index is 0.0719. The van der Waals surface area contributed by atoms with Crippen LogP contribution >= 0.6 is 0 Å². The van der Waals surface area contributed by atoms with Gasteiger partial charge in [0.15, 0.2) is 0 Å². The van der Waals surface area contributed by atoms with Gasteiger partial charge in [-0.15, -0.1) is 0 Å². The molecule has 1 rings (SSSR count). The van der Waals surface area contributed by atoms with Crippen LogP contribution in [0.3, 0.4) is 0 Å². The Labute approximate surface area is 93.9 Å². The number of hydrogen-bond acceptors (Lipinski definition) is 2. The highest BCUT2D eigenvalue weighted by molar-refractivity contribution is 5.44. The van der Waals surface area contributed by atoms with Crippen molar-refractivity contribution in [1.29, 1.82) is 0 Å². The molecule has 0 unspecified atom stereocenters. The van der Waals surface area contributed by atoms with Gasteiger partial charge in [-0.25, -0.2) is 8.78 Å². The smallest absolute Gasteiger partial charge is 0.275 e. The van der Waals surface area contributed by atoms with Gasteiger partial charge in [0.1, 0.15) is 5.75 Å². The predicted octanol–water partition coefficient (Wildman–Crippen LogP) is 2.79. The Bertz CT molecular complexity index is 352. The van der Waals surface area contributed by atoms with Crippen LogP contribution in [0.15, 0.2) is 12.1 Å². The van der Waals surface area contributed by atoms with E-state index < -0.39 is 19.0 Å². The standard InChI is InChI=1S/C12H16F2O2/c1-8-6-10(12(13,14)4-5-15)7-9(2)11(8)16-3/h6-7,15H,4-5H2,1-3H3. The van der Waals surface area contributed by atoms with Crippen LogP contribution in [-0.2, 0) is 5.92 Å². The molecule has 0 saturated carbocycles. The van der Waals surface area contributed by atoms with Crippen LogP contribution in [0.5, 0.6) is 5.75 Å². The highest BCUT2D eigenvalue weighted by atomic mass is 19.3. The number of alkyl halides is 2. The molecule has 0 aliphatic carbocycles. The Hall–Kier alpha value is -1.16. The van der Waals surface area contributed by atoms with E-state index in [1.807, 2.05) is 0 Å². The number of aryl methyl sites for hydroxylation is 2. The predicted molar refractivity (Wildman–Crippen MR) is 58.1 cm³/mol. The topological polar surface area (TPSA) is 29.5 Å². The van der Waals surface area contributed by atoms with Crippen LogP contribution in [0.2, 0.25) is 0 Å². The lowest BCUT2D eigenvalue weighted by atomic mass is 9.99. The molecule has 0 aliphatic heterocycles. The fourth-order valence-electron chi connectivity index (χ4n) is 1.77. The van der Waals surface area contributed by atoms with Crippen molar-refractivity contribution in [1.82, 2.24) is 0 Å². The molecule has 90 valence electrons. The van der Waals surface area contributed by atoms with Gasteiger partial charge in [-0.05, 0) is 37.1 Å². The maximum atomic E-state index is 13.6. The second-order valence-corrected chi connectivity index (χ2v) is 3.82. The van der Waals surface area contributed by atoms with Crippen LogP contribution in [0.25, 0.3) is 0 Å². The monoisotopic (exact) mass is 230 g/mol.